The van der Waals surface area contributed by atoms with Gasteiger partial charge in [0.05, 0.1) is 0 Å². The Morgan fingerprint density at radius 3 is 2.59 bits per heavy atom. The van der Waals surface area contributed by atoms with Gasteiger partial charge in [0.25, 0.3) is 0 Å². The number of rotatable bonds is 5. The summed E-state index contributed by atoms with van der Waals surface area (Å²) in [6.07, 6.45) is 1.78. The van der Waals surface area contributed by atoms with Gasteiger partial charge in [0.1, 0.15) is 17.0 Å². The van der Waals surface area contributed by atoms with Crippen molar-refractivity contribution in [3.05, 3.63) is 53.1 Å². The molecule has 140 valence electrons. The number of carbonyl (C=O) groups excluding carboxylic acids is 2. The monoisotopic (exact) mass is 369 g/mol. The van der Waals surface area contributed by atoms with Gasteiger partial charge in [0.2, 0.25) is 5.91 Å². The smallest absolute Gasteiger partial charge is 0.339 e. The summed E-state index contributed by atoms with van der Waals surface area (Å²) in [6, 6.07) is 9.55. The quantitative estimate of drug-likeness (QED) is 0.601. The van der Waals surface area contributed by atoms with Gasteiger partial charge in [-0.25, -0.2) is 4.79 Å². The fourth-order valence-electron chi connectivity index (χ4n) is 3.32. The molecule has 0 fully saturated rings. The van der Waals surface area contributed by atoms with Crippen molar-refractivity contribution >= 4 is 23.3 Å². The van der Waals surface area contributed by atoms with Crippen LogP contribution in [0.1, 0.15) is 45.5 Å². The summed E-state index contributed by atoms with van der Waals surface area (Å²) < 4.78 is 0. The Morgan fingerprint density at radius 2 is 1.85 bits per heavy atom. The number of hydrogen-bond donors (Lipinski definition) is 4. The van der Waals surface area contributed by atoms with E-state index in [1.54, 1.807) is 6.07 Å². The molecule has 1 amide bonds. The Balaban J connectivity index is 1.65. The maximum absolute atomic E-state index is 12.5. The number of amides is 1. The molecule has 1 unspecified atom stereocenters. The second-order valence-corrected chi connectivity index (χ2v) is 6.50. The first kappa shape index (κ1) is 18.4. The van der Waals surface area contributed by atoms with Crippen LogP contribution in [0.15, 0.2) is 36.4 Å². The molecule has 2 aromatic carbocycles. The molecule has 0 aliphatic heterocycles. The van der Waals surface area contributed by atoms with Crippen molar-refractivity contribution in [2.75, 3.05) is 5.32 Å². The zero-order chi connectivity index (χ0) is 19.6. The van der Waals surface area contributed by atoms with E-state index in [2.05, 4.69) is 5.32 Å². The van der Waals surface area contributed by atoms with Gasteiger partial charge in [-0.1, -0.05) is 24.3 Å². The lowest BCUT2D eigenvalue weighted by molar-refractivity contribution is -0.116. The molecule has 4 N–H and O–H groups in total. The van der Waals surface area contributed by atoms with E-state index in [4.69, 9.17) is 5.11 Å². The minimum absolute atomic E-state index is 0.00868. The predicted octanol–water partition coefficient (Wildman–Crippen LogP) is 2.96. The minimum Gasteiger partial charge on any atom is -0.506 e. The Kier molecular flexibility index (Phi) is 5.12. The fourth-order valence-corrected chi connectivity index (χ4v) is 3.32. The molecule has 3 rings (SSSR count). The van der Waals surface area contributed by atoms with Crippen molar-refractivity contribution in [1.29, 1.82) is 0 Å². The molecular formula is C20H19NO6. The number of phenols is 2. The van der Waals surface area contributed by atoms with Crippen LogP contribution in [0.3, 0.4) is 0 Å². The average Bonchev–Trinajstić information content (AvgIpc) is 2.64. The minimum atomic E-state index is -1.38. The van der Waals surface area contributed by atoms with E-state index in [1.807, 2.05) is 18.2 Å². The summed E-state index contributed by atoms with van der Waals surface area (Å²) in [5.74, 6) is -3.29. The van der Waals surface area contributed by atoms with Gasteiger partial charge in [0.15, 0.2) is 11.5 Å². The molecule has 1 aliphatic rings. The second kappa shape index (κ2) is 7.49. The van der Waals surface area contributed by atoms with Crippen molar-refractivity contribution < 1.29 is 29.7 Å². The Morgan fingerprint density at radius 1 is 1.11 bits per heavy atom. The summed E-state index contributed by atoms with van der Waals surface area (Å²) >= 11 is 0. The standard InChI is InChI=1S/C20H19NO6/c22-15-9-8-14(20(26)27)19(25)17(15)21-16(23)10-7-12-6-5-11-3-1-2-4-13(11)18(12)24/h1-4,8-9,12,22,25H,5-7,10H2,(H,21,23)(H,26,27). The van der Waals surface area contributed by atoms with Crippen LogP contribution in [0.2, 0.25) is 0 Å². The largest absolute Gasteiger partial charge is 0.506 e. The number of nitrogens with one attached hydrogen (secondary N) is 1. The van der Waals surface area contributed by atoms with Gasteiger partial charge in [-0.3, -0.25) is 9.59 Å². The van der Waals surface area contributed by atoms with Crippen LogP contribution in [0, 0.1) is 5.92 Å². The number of benzene rings is 2. The van der Waals surface area contributed by atoms with E-state index in [-0.39, 0.29) is 23.8 Å². The third-order valence-electron chi connectivity index (χ3n) is 4.79. The van der Waals surface area contributed by atoms with Crippen LogP contribution >= 0.6 is 0 Å². The summed E-state index contributed by atoms with van der Waals surface area (Å²) in [7, 11) is 0. The summed E-state index contributed by atoms with van der Waals surface area (Å²) in [4.78, 5) is 35.8. The SMILES string of the molecule is O=C(CCC1CCc2ccccc2C1=O)Nc1c(O)ccc(C(=O)O)c1O. The van der Waals surface area contributed by atoms with E-state index in [0.717, 1.165) is 24.1 Å². The lowest BCUT2D eigenvalue weighted by Gasteiger charge is -2.23. The van der Waals surface area contributed by atoms with Gasteiger partial charge < -0.3 is 20.6 Å². The first-order valence-electron chi connectivity index (χ1n) is 8.58. The van der Waals surface area contributed by atoms with Crippen LogP contribution < -0.4 is 5.32 Å². The Hall–Kier alpha value is -3.35. The van der Waals surface area contributed by atoms with E-state index in [0.29, 0.717) is 18.4 Å². The number of aromatic carboxylic acids is 1. The van der Waals surface area contributed by atoms with Gasteiger partial charge in [-0.15, -0.1) is 0 Å². The van der Waals surface area contributed by atoms with E-state index < -0.39 is 28.9 Å². The molecule has 1 atom stereocenters. The molecule has 2 aromatic rings. The highest BCUT2D eigenvalue weighted by Crippen LogP contribution is 2.36. The lowest BCUT2D eigenvalue weighted by Crippen LogP contribution is -2.24. The number of carboxylic acids is 1. The highest BCUT2D eigenvalue weighted by molar-refractivity contribution is 6.01. The van der Waals surface area contributed by atoms with Crippen molar-refractivity contribution in [1.82, 2.24) is 0 Å². The van der Waals surface area contributed by atoms with E-state index >= 15 is 0 Å². The predicted molar refractivity (Wildman–Crippen MR) is 97.2 cm³/mol. The number of Topliss-reactive ketones (excluding diaryl/α,β-unsaturated/α-hetero) is 1. The molecule has 27 heavy (non-hydrogen) atoms. The van der Waals surface area contributed by atoms with Gasteiger partial charge in [-0.05, 0) is 37.0 Å². The van der Waals surface area contributed by atoms with Crippen molar-refractivity contribution in [3.8, 4) is 11.5 Å². The van der Waals surface area contributed by atoms with Crippen molar-refractivity contribution in [3.63, 3.8) is 0 Å². The van der Waals surface area contributed by atoms with Crippen LogP contribution in [0.4, 0.5) is 5.69 Å². The molecule has 0 saturated heterocycles. The third kappa shape index (κ3) is 3.76. The van der Waals surface area contributed by atoms with Crippen LogP contribution in [-0.4, -0.2) is 33.0 Å². The second-order valence-electron chi connectivity index (χ2n) is 6.50. The first-order valence-corrected chi connectivity index (χ1v) is 8.58. The van der Waals surface area contributed by atoms with Crippen LogP contribution in [0.25, 0.3) is 0 Å². The lowest BCUT2D eigenvalue weighted by atomic mass is 9.80. The van der Waals surface area contributed by atoms with Gasteiger partial charge in [0, 0.05) is 17.9 Å². The van der Waals surface area contributed by atoms with Crippen molar-refractivity contribution in [2.45, 2.75) is 25.7 Å². The van der Waals surface area contributed by atoms with E-state index in [9.17, 15) is 24.6 Å². The van der Waals surface area contributed by atoms with Crippen LogP contribution in [-0.2, 0) is 11.2 Å². The maximum atomic E-state index is 12.5. The van der Waals surface area contributed by atoms with Crippen LogP contribution in [0.5, 0.6) is 11.5 Å². The summed E-state index contributed by atoms with van der Waals surface area (Å²) in [5.41, 5.74) is 0.935. The molecule has 0 heterocycles. The molecule has 0 spiro atoms. The maximum Gasteiger partial charge on any atom is 0.339 e. The summed E-state index contributed by atoms with van der Waals surface area (Å²) in [5, 5.41) is 31.1. The molecule has 0 aromatic heterocycles. The Bertz CT molecular complexity index is 921. The highest BCUT2D eigenvalue weighted by atomic mass is 16.4. The number of aromatic hydroxyl groups is 2. The molecular weight excluding hydrogens is 350 g/mol. The molecule has 7 nitrogen and oxygen atoms in total. The number of fused-ring (bicyclic) bond motifs is 1. The zero-order valence-electron chi connectivity index (χ0n) is 14.4. The number of ketones is 1. The zero-order valence-corrected chi connectivity index (χ0v) is 14.4. The fraction of sp³-hybridized carbons (Fsp3) is 0.250. The number of carboxylic acid groups (broad SMARTS) is 1. The number of carbonyl (C=O) groups is 3. The average molecular weight is 369 g/mol. The summed E-state index contributed by atoms with van der Waals surface area (Å²) in [6.45, 7) is 0. The number of hydrogen-bond acceptors (Lipinski definition) is 5. The number of anilines is 1. The molecule has 0 bridgehead atoms. The van der Waals surface area contributed by atoms with Crippen molar-refractivity contribution in [2.24, 2.45) is 5.92 Å². The normalized spacial score (nSPS) is 15.9. The topological polar surface area (TPSA) is 124 Å². The third-order valence-corrected chi connectivity index (χ3v) is 4.79. The highest BCUT2D eigenvalue weighted by Gasteiger charge is 2.27. The molecule has 0 radical (unpaired) electrons. The molecule has 0 saturated carbocycles. The van der Waals surface area contributed by atoms with E-state index in [1.165, 1.54) is 0 Å². The molecule has 1 aliphatic carbocycles. The first-order chi connectivity index (χ1) is 12.9. The van der Waals surface area contributed by atoms with Gasteiger partial charge in [-0.2, -0.15) is 0 Å². The van der Waals surface area contributed by atoms with Gasteiger partial charge >= 0.3 is 5.97 Å². The molecule has 7 heteroatoms. The number of phenolic OH excluding ortho intramolecular Hbond substituents is 1. The number of aryl methyl sites for hydroxylation is 1. The Labute approximate surface area is 155 Å².